The van der Waals surface area contributed by atoms with E-state index < -0.39 is 0 Å². The van der Waals surface area contributed by atoms with E-state index in [1.54, 1.807) is 12.1 Å². The normalized spacial score (nSPS) is 14.4. The second-order valence-electron chi connectivity index (χ2n) is 4.59. The van der Waals surface area contributed by atoms with E-state index in [9.17, 15) is 5.11 Å². The molecule has 0 saturated carbocycles. The maximum Gasteiger partial charge on any atom is 0.115 e. The summed E-state index contributed by atoms with van der Waals surface area (Å²) >= 11 is 0. The Morgan fingerprint density at radius 3 is 2.44 bits per heavy atom. The average molecular weight is 251 g/mol. The molecule has 0 radical (unpaired) electrons. The summed E-state index contributed by atoms with van der Waals surface area (Å²) in [7, 11) is 0. The Morgan fingerprint density at radius 2 is 1.89 bits per heavy atom. The summed E-state index contributed by atoms with van der Waals surface area (Å²) in [6.45, 7) is 8.03. The van der Waals surface area contributed by atoms with Crippen molar-refractivity contribution in [2.24, 2.45) is 0 Å². The van der Waals surface area contributed by atoms with Crippen molar-refractivity contribution in [3.63, 3.8) is 0 Å². The van der Waals surface area contributed by atoms with E-state index in [1.165, 1.54) is 5.56 Å². The summed E-state index contributed by atoms with van der Waals surface area (Å²) in [5.41, 5.74) is 1.22. The van der Waals surface area contributed by atoms with Gasteiger partial charge < -0.3 is 15.2 Å². The molecule has 0 bridgehead atoms. The highest BCUT2D eigenvalue weighted by Gasteiger charge is 2.17. The summed E-state index contributed by atoms with van der Waals surface area (Å²) in [5, 5.41) is 12.8. The Bertz CT molecular complexity index is 324. The number of rotatable bonds is 8. The van der Waals surface area contributed by atoms with Crippen LogP contribution in [-0.2, 0) is 11.2 Å². The highest BCUT2D eigenvalue weighted by atomic mass is 16.5. The lowest BCUT2D eigenvalue weighted by Gasteiger charge is -2.25. The van der Waals surface area contributed by atoms with Crippen molar-refractivity contribution in [2.75, 3.05) is 13.2 Å². The first-order valence-electron chi connectivity index (χ1n) is 6.80. The number of hydrogen-bond acceptors (Lipinski definition) is 3. The number of aromatic hydroxyl groups is 1. The monoisotopic (exact) mass is 251 g/mol. The first-order valence-corrected chi connectivity index (χ1v) is 6.80. The molecular weight excluding hydrogens is 226 g/mol. The van der Waals surface area contributed by atoms with Gasteiger partial charge in [0.1, 0.15) is 5.75 Å². The van der Waals surface area contributed by atoms with Gasteiger partial charge in [-0.2, -0.15) is 0 Å². The molecule has 0 aliphatic carbocycles. The van der Waals surface area contributed by atoms with E-state index in [2.05, 4.69) is 19.2 Å². The van der Waals surface area contributed by atoms with Gasteiger partial charge in [-0.1, -0.05) is 19.1 Å². The minimum Gasteiger partial charge on any atom is -0.508 e. The fourth-order valence-corrected chi connectivity index (χ4v) is 2.00. The molecule has 0 aliphatic rings. The van der Waals surface area contributed by atoms with Crippen LogP contribution in [-0.4, -0.2) is 30.4 Å². The van der Waals surface area contributed by atoms with Crippen LogP contribution in [0.15, 0.2) is 24.3 Å². The summed E-state index contributed by atoms with van der Waals surface area (Å²) in [6, 6.07) is 7.72. The number of phenolic OH excluding ortho intramolecular Hbond substituents is 1. The van der Waals surface area contributed by atoms with Gasteiger partial charge in [-0.3, -0.25) is 0 Å². The highest BCUT2D eigenvalue weighted by molar-refractivity contribution is 5.26. The Kier molecular flexibility index (Phi) is 6.76. The molecule has 0 aromatic heterocycles. The van der Waals surface area contributed by atoms with Crippen molar-refractivity contribution in [3.8, 4) is 5.75 Å². The summed E-state index contributed by atoms with van der Waals surface area (Å²) in [5.74, 6) is 0.315. The predicted molar refractivity (Wildman–Crippen MR) is 75.0 cm³/mol. The number of benzene rings is 1. The molecule has 102 valence electrons. The van der Waals surface area contributed by atoms with E-state index in [-0.39, 0.29) is 6.10 Å². The Labute approximate surface area is 110 Å². The lowest BCUT2D eigenvalue weighted by atomic mass is 10.0. The summed E-state index contributed by atoms with van der Waals surface area (Å²) < 4.78 is 5.69. The molecule has 1 aromatic rings. The third-order valence-electron chi connectivity index (χ3n) is 3.04. The van der Waals surface area contributed by atoms with Gasteiger partial charge >= 0.3 is 0 Å². The zero-order chi connectivity index (χ0) is 13.4. The van der Waals surface area contributed by atoms with Gasteiger partial charge in [0.05, 0.1) is 6.10 Å². The van der Waals surface area contributed by atoms with Crippen molar-refractivity contribution in [1.82, 2.24) is 5.32 Å². The van der Waals surface area contributed by atoms with Gasteiger partial charge in [-0.15, -0.1) is 0 Å². The van der Waals surface area contributed by atoms with Gasteiger partial charge in [0, 0.05) is 12.6 Å². The molecule has 0 spiro atoms. The molecule has 3 heteroatoms. The molecule has 2 N–H and O–H groups in total. The Balaban J connectivity index is 2.61. The summed E-state index contributed by atoms with van der Waals surface area (Å²) in [6.07, 6.45) is 2.22. The molecule has 3 nitrogen and oxygen atoms in total. The van der Waals surface area contributed by atoms with Crippen molar-refractivity contribution in [1.29, 1.82) is 0 Å². The molecule has 0 aliphatic heterocycles. The summed E-state index contributed by atoms with van der Waals surface area (Å²) in [4.78, 5) is 0. The molecule has 2 atom stereocenters. The van der Waals surface area contributed by atoms with E-state index in [4.69, 9.17) is 4.74 Å². The maximum atomic E-state index is 9.29. The lowest BCUT2D eigenvalue weighted by Crippen LogP contribution is -2.41. The fraction of sp³-hybridized carbons (Fsp3) is 0.600. The molecule has 18 heavy (non-hydrogen) atoms. The minimum atomic E-state index is 0.190. The van der Waals surface area contributed by atoms with E-state index in [0.717, 1.165) is 26.0 Å². The molecular formula is C15H25NO2. The van der Waals surface area contributed by atoms with Crippen molar-refractivity contribution in [3.05, 3.63) is 29.8 Å². The average Bonchev–Trinajstić information content (AvgIpc) is 2.37. The molecule has 0 saturated heterocycles. The maximum absolute atomic E-state index is 9.29. The number of ether oxygens (including phenoxy) is 1. The van der Waals surface area contributed by atoms with Crippen LogP contribution in [0.2, 0.25) is 0 Å². The number of nitrogens with one attached hydrogen (secondary N) is 1. The lowest BCUT2D eigenvalue weighted by molar-refractivity contribution is 0.0476. The van der Waals surface area contributed by atoms with Gasteiger partial charge in [-0.25, -0.2) is 0 Å². The number of hydrogen-bond donors (Lipinski definition) is 2. The second-order valence-corrected chi connectivity index (χ2v) is 4.59. The third-order valence-corrected chi connectivity index (χ3v) is 3.04. The minimum absolute atomic E-state index is 0.190. The van der Waals surface area contributed by atoms with E-state index in [1.807, 2.05) is 19.1 Å². The van der Waals surface area contributed by atoms with E-state index >= 15 is 0 Å². The Morgan fingerprint density at radius 1 is 1.22 bits per heavy atom. The van der Waals surface area contributed by atoms with Crippen molar-refractivity contribution in [2.45, 2.75) is 45.8 Å². The Hall–Kier alpha value is -1.06. The van der Waals surface area contributed by atoms with E-state index in [0.29, 0.717) is 11.8 Å². The molecule has 0 amide bonds. The van der Waals surface area contributed by atoms with Crippen LogP contribution >= 0.6 is 0 Å². The molecule has 0 fully saturated rings. The van der Waals surface area contributed by atoms with Crippen LogP contribution < -0.4 is 5.32 Å². The van der Waals surface area contributed by atoms with Gasteiger partial charge in [0.15, 0.2) is 0 Å². The predicted octanol–water partition coefficient (Wildman–Crippen LogP) is 2.73. The quantitative estimate of drug-likeness (QED) is 0.746. The molecule has 0 heterocycles. The van der Waals surface area contributed by atoms with Crippen molar-refractivity contribution >= 4 is 0 Å². The van der Waals surface area contributed by atoms with Crippen LogP contribution in [0, 0.1) is 0 Å². The van der Waals surface area contributed by atoms with Gasteiger partial charge in [-0.05, 0) is 50.9 Å². The third kappa shape index (κ3) is 5.07. The zero-order valence-electron chi connectivity index (χ0n) is 11.6. The smallest absolute Gasteiger partial charge is 0.115 e. The van der Waals surface area contributed by atoms with Gasteiger partial charge in [0.25, 0.3) is 0 Å². The standard InChI is InChI=1S/C15H25NO2/c1-4-10-16-15(12(3)18-5-2)11-13-6-8-14(17)9-7-13/h6-9,12,15-17H,4-5,10-11H2,1-3H3. The van der Waals surface area contributed by atoms with Crippen LogP contribution in [0.4, 0.5) is 0 Å². The molecule has 2 unspecified atom stereocenters. The SMILES string of the molecule is CCCNC(Cc1ccc(O)cc1)C(C)OCC. The van der Waals surface area contributed by atoms with Crippen LogP contribution in [0.3, 0.4) is 0 Å². The number of phenols is 1. The fourth-order valence-electron chi connectivity index (χ4n) is 2.00. The molecule has 1 rings (SSSR count). The van der Waals surface area contributed by atoms with Crippen LogP contribution in [0.25, 0.3) is 0 Å². The van der Waals surface area contributed by atoms with Gasteiger partial charge in [0.2, 0.25) is 0 Å². The zero-order valence-corrected chi connectivity index (χ0v) is 11.6. The largest absolute Gasteiger partial charge is 0.508 e. The highest BCUT2D eigenvalue weighted by Crippen LogP contribution is 2.13. The molecule has 1 aromatic carbocycles. The first-order chi connectivity index (χ1) is 8.67. The van der Waals surface area contributed by atoms with Crippen LogP contribution in [0.5, 0.6) is 5.75 Å². The topological polar surface area (TPSA) is 41.5 Å². The van der Waals surface area contributed by atoms with Crippen molar-refractivity contribution < 1.29 is 9.84 Å². The second kappa shape index (κ2) is 8.11. The van der Waals surface area contributed by atoms with Crippen LogP contribution in [0.1, 0.15) is 32.8 Å². The first kappa shape index (κ1) is 15.0.